The normalized spacial score (nSPS) is 22.1. The second-order valence-corrected chi connectivity index (χ2v) is 4.83. The van der Waals surface area contributed by atoms with E-state index in [2.05, 4.69) is 0 Å². The quantitative estimate of drug-likeness (QED) is 0.858. The van der Waals surface area contributed by atoms with Crippen LogP contribution >= 0.6 is 0 Å². The highest BCUT2D eigenvalue weighted by Crippen LogP contribution is 2.29. The second kappa shape index (κ2) is 5.44. The number of carbonyl (C=O) groups excluding carboxylic acids is 1. The average Bonchev–Trinajstić information content (AvgIpc) is 2.87. The smallest absolute Gasteiger partial charge is 0.371 e. The summed E-state index contributed by atoms with van der Waals surface area (Å²) in [5, 5.41) is 8.85. The topological polar surface area (TPSA) is 96.8 Å². The molecule has 1 aromatic heterocycles. The predicted octanol–water partition coefficient (Wildman–Crippen LogP) is 1.38. The summed E-state index contributed by atoms with van der Waals surface area (Å²) in [6.45, 7) is 2.66. The van der Waals surface area contributed by atoms with E-state index < -0.39 is 5.97 Å². The van der Waals surface area contributed by atoms with Gasteiger partial charge in [0.2, 0.25) is 11.7 Å². The van der Waals surface area contributed by atoms with Crippen LogP contribution in [0.1, 0.15) is 48.5 Å². The molecular weight excluding hydrogens is 248 g/mol. The van der Waals surface area contributed by atoms with E-state index in [1.165, 1.54) is 6.07 Å². The van der Waals surface area contributed by atoms with Crippen LogP contribution in [0.3, 0.4) is 0 Å². The fraction of sp³-hybridized carbons (Fsp3) is 0.538. The standard InChI is InChI=1S/C13H18N2O4/c1-8(10-5-6-11(19-10)13(17)18)15-7-3-2-4-9(15)12(14)16/h5-6,8-9H,2-4,7H2,1H3,(H2,14,16)(H,17,18). The van der Waals surface area contributed by atoms with Crippen molar-refractivity contribution in [3.05, 3.63) is 23.7 Å². The van der Waals surface area contributed by atoms with Gasteiger partial charge < -0.3 is 15.3 Å². The van der Waals surface area contributed by atoms with E-state index in [0.717, 1.165) is 25.8 Å². The number of hydrogen-bond acceptors (Lipinski definition) is 4. The molecule has 1 aromatic rings. The third kappa shape index (κ3) is 2.78. The van der Waals surface area contributed by atoms with Gasteiger partial charge in [-0.05, 0) is 38.4 Å². The molecular formula is C13H18N2O4. The van der Waals surface area contributed by atoms with Gasteiger partial charge in [0.25, 0.3) is 0 Å². The number of likely N-dealkylation sites (tertiary alicyclic amines) is 1. The molecule has 6 nitrogen and oxygen atoms in total. The Morgan fingerprint density at radius 2 is 2.21 bits per heavy atom. The van der Waals surface area contributed by atoms with Crippen LogP contribution in [0.5, 0.6) is 0 Å². The lowest BCUT2D eigenvalue weighted by molar-refractivity contribution is -0.125. The third-order valence-electron chi connectivity index (χ3n) is 3.62. The van der Waals surface area contributed by atoms with Gasteiger partial charge in [0.05, 0.1) is 12.1 Å². The lowest BCUT2D eigenvalue weighted by Gasteiger charge is -2.37. The van der Waals surface area contributed by atoms with Crippen LogP contribution in [-0.4, -0.2) is 34.5 Å². The summed E-state index contributed by atoms with van der Waals surface area (Å²) in [5.74, 6) is -0.972. The lowest BCUT2D eigenvalue weighted by atomic mass is 9.99. The van der Waals surface area contributed by atoms with E-state index in [-0.39, 0.29) is 23.8 Å². The minimum Gasteiger partial charge on any atom is -0.475 e. The van der Waals surface area contributed by atoms with Crippen molar-refractivity contribution >= 4 is 11.9 Å². The average molecular weight is 266 g/mol. The monoisotopic (exact) mass is 266 g/mol. The van der Waals surface area contributed by atoms with Crippen molar-refractivity contribution < 1.29 is 19.1 Å². The number of furan rings is 1. The number of amides is 1. The Labute approximate surface area is 111 Å². The van der Waals surface area contributed by atoms with Crippen LogP contribution in [0, 0.1) is 0 Å². The Kier molecular flexibility index (Phi) is 3.90. The van der Waals surface area contributed by atoms with E-state index in [1.807, 2.05) is 11.8 Å². The summed E-state index contributed by atoms with van der Waals surface area (Å²) in [4.78, 5) is 24.3. The lowest BCUT2D eigenvalue weighted by Crippen LogP contribution is -2.48. The summed E-state index contributed by atoms with van der Waals surface area (Å²) >= 11 is 0. The molecule has 0 spiro atoms. The number of carbonyl (C=O) groups is 2. The SMILES string of the molecule is CC(c1ccc(C(=O)O)o1)N1CCCCC1C(N)=O. The fourth-order valence-electron chi connectivity index (χ4n) is 2.58. The molecule has 19 heavy (non-hydrogen) atoms. The summed E-state index contributed by atoms with van der Waals surface area (Å²) < 4.78 is 5.29. The highest BCUT2D eigenvalue weighted by molar-refractivity contribution is 5.84. The highest BCUT2D eigenvalue weighted by atomic mass is 16.4. The van der Waals surface area contributed by atoms with E-state index in [1.54, 1.807) is 6.07 Å². The number of primary amides is 1. The molecule has 0 bridgehead atoms. The van der Waals surface area contributed by atoms with Crippen LogP contribution in [0.2, 0.25) is 0 Å². The number of nitrogens with two attached hydrogens (primary N) is 1. The third-order valence-corrected chi connectivity index (χ3v) is 3.62. The van der Waals surface area contributed by atoms with E-state index in [9.17, 15) is 9.59 Å². The van der Waals surface area contributed by atoms with Crippen molar-refractivity contribution in [1.82, 2.24) is 4.90 Å². The maximum Gasteiger partial charge on any atom is 0.371 e. The summed E-state index contributed by atoms with van der Waals surface area (Å²) in [6.07, 6.45) is 2.72. The maximum atomic E-state index is 11.5. The minimum atomic E-state index is -1.09. The van der Waals surface area contributed by atoms with Crippen LogP contribution < -0.4 is 5.73 Å². The van der Waals surface area contributed by atoms with Crippen LogP contribution in [0.15, 0.2) is 16.5 Å². The number of piperidine rings is 1. The van der Waals surface area contributed by atoms with Gasteiger partial charge in [0.1, 0.15) is 5.76 Å². The van der Waals surface area contributed by atoms with Crippen LogP contribution in [0.25, 0.3) is 0 Å². The zero-order valence-electron chi connectivity index (χ0n) is 10.8. The van der Waals surface area contributed by atoms with Crippen molar-refractivity contribution in [2.24, 2.45) is 5.73 Å². The molecule has 104 valence electrons. The second-order valence-electron chi connectivity index (χ2n) is 4.83. The van der Waals surface area contributed by atoms with E-state index >= 15 is 0 Å². The molecule has 1 fully saturated rings. The molecule has 0 aliphatic carbocycles. The van der Waals surface area contributed by atoms with Crippen LogP contribution in [-0.2, 0) is 4.79 Å². The van der Waals surface area contributed by atoms with E-state index in [4.69, 9.17) is 15.3 Å². The molecule has 2 rings (SSSR count). The van der Waals surface area contributed by atoms with Crippen molar-refractivity contribution in [2.75, 3.05) is 6.54 Å². The fourth-order valence-corrected chi connectivity index (χ4v) is 2.58. The molecule has 1 aliphatic rings. The Bertz CT molecular complexity index is 483. The number of carboxylic acid groups (broad SMARTS) is 1. The molecule has 1 amide bonds. The molecule has 0 aromatic carbocycles. The van der Waals surface area contributed by atoms with Gasteiger partial charge in [-0.3, -0.25) is 9.69 Å². The first-order valence-electron chi connectivity index (χ1n) is 6.39. The molecule has 0 radical (unpaired) electrons. The Hall–Kier alpha value is -1.82. The number of hydrogen-bond donors (Lipinski definition) is 2. The first kappa shape index (κ1) is 13.6. The predicted molar refractivity (Wildman–Crippen MR) is 67.6 cm³/mol. The maximum absolute atomic E-state index is 11.5. The molecule has 1 saturated heterocycles. The van der Waals surface area contributed by atoms with Gasteiger partial charge in [-0.15, -0.1) is 0 Å². The molecule has 2 heterocycles. The van der Waals surface area contributed by atoms with Crippen molar-refractivity contribution in [3.8, 4) is 0 Å². The summed E-state index contributed by atoms with van der Waals surface area (Å²) in [5.41, 5.74) is 5.42. The Balaban J connectivity index is 2.18. The van der Waals surface area contributed by atoms with Crippen molar-refractivity contribution in [3.63, 3.8) is 0 Å². The number of aromatic carboxylic acids is 1. The van der Waals surface area contributed by atoms with Gasteiger partial charge in [0, 0.05) is 0 Å². The van der Waals surface area contributed by atoms with Crippen molar-refractivity contribution in [2.45, 2.75) is 38.3 Å². The number of rotatable bonds is 4. The number of nitrogens with zero attached hydrogens (tertiary/aromatic N) is 1. The summed E-state index contributed by atoms with van der Waals surface area (Å²) in [6, 6.07) is 2.60. The van der Waals surface area contributed by atoms with Gasteiger partial charge in [0.15, 0.2) is 0 Å². The highest BCUT2D eigenvalue weighted by Gasteiger charge is 2.32. The Morgan fingerprint density at radius 1 is 1.47 bits per heavy atom. The zero-order chi connectivity index (χ0) is 14.0. The molecule has 6 heteroatoms. The first-order chi connectivity index (χ1) is 9.00. The zero-order valence-corrected chi connectivity index (χ0v) is 10.8. The largest absolute Gasteiger partial charge is 0.475 e. The number of carboxylic acids is 1. The molecule has 1 aliphatic heterocycles. The minimum absolute atomic E-state index is 0.0884. The van der Waals surface area contributed by atoms with Gasteiger partial charge >= 0.3 is 5.97 Å². The first-order valence-corrected chi connectivity index (χ1v) is 6.39. The molecule has 3 N–H and O–H groups in total. The molecule has 2 atom stereocenters. The molecule has 2 unspecified atom stereocenters. The summed E-state index contributed by atoms with van der Waals surface area (Å²) in [7, 11) is 0. The van der Waals surface area contributed by atoms with Crippen molar-refractivity contribution in [1.29, 1.82) is 0 Å². The van der Waals surface area contributed by atoms with E-state index in [0.29, 0.717) is 5.76 Å². The molecule has 0 saturated carbocycles. The van der Waals surface area contributed by atoms with Gasteiger partial charge in [-0.25, -0.2) is 4.79 Å². The van der Waals surface area contributed by atoms with Crippen LogP contribution in [0.4, 0.5) is 0 Å². The Morgan fingerprint density at radius 3 is 2.79 bits per heavy atom. The van der Waals surface area contributed by atoms with Gasteiger partial charge in [-0.1, -0.05) is 6.42 Å². The van der Waals surface area contributed by atoms with Gasteiger partial charge in [-0.2, -0.15) is 0 Å².